The second kappa shape index (κ2) is 5.42. The third kappa shape index (κ3) is 2.73. The summed E-state index contributed by atoms with van der Waals surface area (Å²) in [6.07, 6.45) is 0. The normalized spacial score (nSPS) is 19.2. The van der Waals surface area contributed by atoms with Crippen molar-refractivity contribution in [2.45, 2.75) is 6.04 Å². The van der Waals surface area contributed by atoms with E-state index in [0.29, 0.717) is 18.7 Å². The van der Waals surface area contributed by atoms with E-state index in [2.05, 4.69) is 5.32 Å². The molecule has 0 aromatic heterocycles. The number of nitrogens with zero attached hydrogens (tertiary/aromatic N) is 1. The minimum atomic E-state index is -0.623. The molecule has 1 aliphatic heterocycles. The van der Waals surface area contributed by atoms with Crippen molar-refractivity contribution in [1.29, 1.82) is 0 Å². The average molecular weight is 242 g/mol. The zero-order valence-corrected chi connectivity index (χ0v) is 9.50. The molecular formula is C12H16F2N2O. The van der Waals surface area contributed by atoms with Crippen LogP contribution >= 0.6 is 0 Å². The van der Waals surface area contributed by atoms with Crippen LogP contribution in [0.4, 0.5) is 8.78 Å². The van der Waals surface area contributed by atoms with Crippen molar-refractivity contribution in [2.75, 3.05) is 32.9 Å². The van der Waals surface area contributed by atoms with Gasteiger partial charge in [-0.3, -0.25) is 4.90 Å². The molecule has 3 nitrogen and oxygen atoms in total. The fourth-order valence-corrected chi connectivity index (χ4v) is 2.16. The van der Waals surface area contributed by atoms with Crippen LogP contribution in [0.1, 0.15) is 11.6 Å². The summed E-state index contributed by atoms with van der Waals surface area (Å²) in [7, 11) is 0. The maximum Gasteiger partial charge on any atom is 0.131 e. The molecule has 5 heteroatoms. The highest BCUT2D eigenvalue weighted by molar-refractivity contribution is 5.30. The number of phenols is 1. The van der Waals surface area contributed by atoms with Crippen molar-refractivity contribution in [3.63, 3.8) is 0 Å². The number of halogens is 2. The summed E-state index contributed by atoms with van der Waals surface area (Å²) in [5.41, 5.74) is 0.312. The Bertz CT molecular complexity index is 381. The van der Waals surface area contributed by atoms with Gasteiger partial charge in [-0.15, -0.1) is 0 Å². The van der Waals surface area contributed by atoms with E-state index in [4.69, 9.17) is 5.11 Å². The van der Waals surface area contributed by atoms with E-state index in [9.17, 15) is 8.78 Å². The first-order valence-corrected chi connectivity index (χ1v) is 5.71. The van der Waals surface area contributed by atoms with Crippen LogP contribution in [0.5, 0.6) is 5.75 Å². The quantitative estimate of drug-likeness (QED) is 0.842. The van der Waals surface area contributed by atoms with Gasteiger partial charge in [-0.25, -0.2) is 8.78 Å². The third-order valence-electron chi connectivity index (χ3n) is 3.08. The van der Waals surface area contributed by atoms with Crippen LogP contribution in [0.2, 0.25) is 0 Å². The molecule has 17 heavy (non-hydrogen) atoms. The van der Waals surface area contributed by atoms with E-state index in [0.717, 1.165) is 19.2 Å². The predicted octanol–water partition coefficient (Wildman–Crippen LogP) is 1.45. The standard InChI is InChI=1S/C12H16F2N2O/c13-8-12(16-5-3-15-4-6-16)10-2-1-9(17)7-11(10)14/h1-2,7,12,15,17H,3-6,8H2/t12-/m1/s1. The zero-order valence-electron chi connectivity index (χ0n) is 9.50. The third-order valence-corrected chi connectivity index (χ3v) is 3.08. The Balaban J connectivity index is 2.21. The number of hydrogen-bond acceptors (Lipinski definition) is 3. The maximum absolute atomic E-state index is 13.7. The molecule has 0 aliphatic carbocycles. The Morgan fingerprint density at radius 2 is 2.06 bits per heavy atom. The van der Waals surface area contributed by atoms with Gasteiger partial charge in [0.2, 0.25) is 0 Å². The topological polar surface area (TPSA) is 35.5 Å². The lowest BCUT2D eigenvalue weighted by molar-refractivity contribution is 0.144. The molecule has 1 aromatic carbocycles. The highest BCUT2D eigenvalue weighted by Gasteiger charge is 2.24. The van der Waals surface area contributed by atoms with Crippen LogP contribution in [0, 0.1) is 5.82 Å². The molecule has 1 aliphatic rings. The first-order chi connectivity index (χ1) is 8.22. The average Bonchev–Trinajstić information content (AvgIpc) is 2.34. The number of aromatic hydroxyl groups is 1. The smallest absolute Gasteiger partial charge is 0.131 e. The summed E-state index contributed by atoms with van der Waals surface area (Å²) in [5, 5.41) is 12.3. The van der Waals surface area contributed by atoms with Gasteiger partial charge < -0.3 is 10.4 Å². The van der Waals surface area contributed by atoms with E-state index >= 15 is 0 Å². The monoisotopic (exact) mass is 242 g/mol. The van der Waals surface area contributed by atoms with Crippen LogP contribution in [0.3, 0.4) is 0 Å². The van der Waals surface area contributed by atoms with Gasteiger partial charge >= 0.3 is 0 Å². The highest BCUT2D eigenvalue weighted by Crippen LogP contribution is 2.26. The predicted molar refractivity (Wildman–Crippen MR) is 61.2 cm³/mol. The number of nitrogens with one attached hydrogen (secondary N) is 1. The lowest BCUT2D eigenvalue weighted by atomic mass is 10.0. The molecule has 1 heterocycles. The summed E-state index contributed by atoms with van der Waals surface area (Å²) < 4.78 is 26.8. The summed E-state index contributed by atoms with van der Waals surface area (Å²) >= 11 is 0. The van der Waals surface area contributed by atoms with Gasteiger partial charge in [0.1, 0.15) is 18.2 Å². The van der Waals surface area contributed by atoms with E-state index in [1.165, 1.54) is 12.1 Å². The molecule has 2 rings (SSSR count). The largest absolute Gasteiger partial charge is 0.508 e. The lowest BCUT2D eigenvalue weighted by Gasteiger charge is -2.33. The van der Waals surface area contributed by atoms with Crippen molar-refractivity contribution in [2.24, 2.45) is 0 Å². The first-order valence-electron chi connectivity index (χ1n) is 5.71. The van der Waals surface area contributed by atoms with E-state index in [1.807, 2.05) is 4.90 Å². The molecule has 94 valence electrons. The molecule has 2 N–H and O–H groups in total. The van der Waals surface area contributed by atoms with E-state index in [1.54, 1.807) is 0 Å². The molecular weight excluding hydrogens is 226 g/mol. The molecule has 0 bridgehead atoms. The number of phenolic OH excluding ortho intramolecular Hbond substituents is 1. The van der Waals surface area contributed by atoms with Gasteiger partial charge in [0.05, 0.1) is 6.04 Å². The number of hydrogen-bond donors (Lipinski definition) is 2. The Kier molecular flexibility index (Phi) is 3.91. The van der Waals surface area contributed by atoms with E-state index < -0.39 is 18.5 Å². The fourth-order valence-electron chi connectivity index (χ4n) is 2.16. The second-order valence-electron chi connectivity index (χ2n) is 4.16. The van der Waals surface area contributed by atoms with Gasteiger partial charge in [-0.2, -0.15) is 0 Å². The maximum atomic E-state index is 13.7. The second-order valence-corrected chi connectivity index (χ2v) is 4.16. The Morgan fingerprint density at radius 1 is 1.35 bits per heavy atom. The molecule has 0 unspecified atom stereocenters. The van der Waals surface area contributed by atoms with Crippen LogP contribution in [-0.4, -0.2) is 42.9 Å². The van der Waals surface area contributed by atoms with E-state index in [-0.39, 0.29) is 5.75 Å². The first kappa shape index (κ1) is 12.3. The number of alkyl halides is 1. The highest BCUT2D eigenvalue weighted by atomic mass is 19.1. The number of rotatable bonds is 3. The number of benzene rings is 1. The van der Waals surface area contributed by atoms with Gasteiger partial charge in [-0.1, -0.05) is 6.07 Å². The summed E-state index contributed by atoms with van der Waals surface area (Å²) in [4.78, 5) is 1.92. The van der Waals surface area contributed by atoms with Crippen molar-refractivity contribution >= 4 is 0 Å². The van der Waals surface area contributed by atoms with Crippen LogP contribution in [-0.2, 0) is 0 Å². The SMILES string of the molecule is Oc1ccc([C@@H](CF)N2CCNCC2)c(F)c1. The zero-order chi connectivity index (χ0) is 12.3. The van der Waals surface area contributed by atoms with Crippen LogP contribution in [0.15, 0.2) is 18.2 Å². The fraction of sp³-hybridized carbons (Fsp3) is 0.500. The molecule has 1 aromatic rings. The Morgan fingerprint density at radius 3 is 2.65 bits per heavy atom. The van der Waals surface area contributed by atoms with Gasteiger partial charge in [0, 0.05) is 37.8 Å². The van der Waals surface area contributed by atoms with Crippen LogP contribution < -0.4 is 5.32 Å². The summed E-state index contributed by atoms with van der Waals surface area (Å²) in [6.45, 7) is 2.36. The molecule has 0 saturated carbocycles. The molecule has 0 spiro atoms. The van der Waals surface area contributed by atoms with Crippen molar-refractivity contribution in [3.8, 4) is 5.75 Å². The van der Waals surface area contributed by atoms with Crippen LogP contribution in [0.25, 0.3) is 0 Å². The number of piperazine rings is 1. The van der Waals surface area contributed by atoms with Gasteiger partial charge in [-0.05, 0) is 6.07 Å². The van der Waals surface area contributed by atoms with Crippen molar-refractivity contribution in [1.82, 2.24) is 10.2 Å². The minimum Gasteiger partial charge on any atom is -0.508 e. The summed E-state index contributed by atoms with van der Waals surface area (Å²) in [5.74, 6) is -0.685. The Hall–Kier alpha value is -1.20. The summed E-state index contributed by atoms with van der Waals surface area (Å²) in [6, 6.07) is 3.32. The molecule has 1 atom stereocenters. The van der Waals surface area contributed by atoms with Crippen molar-refractivity contribution < 1.29 is 13.9 Å². The van der Waals surface area contributed by atoms with Gasteiger partial charge in [0.25, 0.3) is 0 Å². The molecule has 1 fully saturated rings. The minimum absolute atomic E-state index is 0.135. The molecule has 1 saturated heterocycles. The lowest BCUT2D eigenvalue weighted by Crippen LogP contribution is -2.45. The van der Waals surface area contributed by atoms with Gasteiger partial charge in [0.15, 0.2) is 0 Å². The molecule has 0 radical (unpaired) electrons. The molecule has 0 amide bonds. The van der Waals surface area contributed by atoms with Crippen molar-refractivity contribution in [3.05, 3.63) is 29.6 Å². The Labute approximate surface area is 99.1 Å².